The molecule has 1 aromatic carbocycles. The van der Waals surface area contributed by atoms with Crippen molar-refractivity contribution in [1.82, 2.24) is 4.98 Å². The van der Waals surface area contributed by atoms with Crippen LogP contribution in [0, 0.1) is 6.92 Å². The number of aliphatic hydroxyl groups is 1. The van der Waals surface area contributed by atoms with Gasteiger partial charge in [-0.15, -0.1) is 0 Å². The van der Waals surface area contributed by atoms with Crippen LogP contribution >= 0.6 is 0 Å². The van der Waals surface area contributed by atoms with E-state index in [1.807, 2.05) is 37.4 Å². The molecule has 0 fully saturated rings. The molecule has 0 atom stereocenters. The molecular weight excluding hydrogens is 214 g/mol. The molecule has 2 rings (SSSR count). The van der Waals surface area contributed by atoms with Crippen molar-refractivity contribution in [1.29, 1.82) is 0 Å². The maximum Gasteiger partial charge on any atom is 0.119 e. The molecule has 1 N–H and O–H groups in total. The zero-order valence-corrected chi connectivity index (χ0v) is 9.97. The van der Waals surface area contributed by atoms with Crippen molar-refractivity contribution >= 4 is 0 Å². The molecule has 0 saturated heterocycles. The third-order valence-corrected chi connectivity index (χ3v) is 2.67. The van der Waals surface area contributed by atoms with Gasteiger partial charge in [0.2, 0.25) is 0 Å². The van der Waals surface area contributed by atoms with E-state index < -0.39 is 0 Å². The van der Waals surface area contributed by atoms with Gasteiger partial charge in [-0.3, -0.25) is 4.98 Å². The van der Waals surface area contributed by atoms with Gasteiger partial charge in [-0.05, 0) is 41.8 Å². The predicted molar refractivity (Wildman–Crippen MR) is 66.9 cm³/mol. The molecule has 0 unspecified atom stereocenters. The van der Waals surface area contributed by atoms with Gasteiger partial charge in [0.1, 0.15) is 5.75 Å². The second-order valence-electron chi connectivity index (χ2n) is 3.93. The van der Waals surface area contributed by atoms with Crippen LogP contribution in [-0.4, -0.2) is 17.2 Å². The number of aromatic nitrogens is 1. The number of nitrogens with zero attached hydrogens (tertiary/aromatic N) is 1. The Morgan fingerprint density at radius 1 is 1.24 bits per heavy atom. The molecular formula is C14H15NO2. The molecule has 0 aliphatic rings. The summed E-state index contributed by atoms with van der Waals surface area (Å²) in [5.41, 5.74) is 3.92. The Kier molecular flexibility index (Phi) is 3.40. The zero-order valence-electron chi connectivity index (χ0n) is 9.97. The minimum Gasteiger partial charge on any atom is -0.497 e. The molecule has 1 aromatic heterocycles. The molecule has 0 spiro atoms. The number of pyridine rings is 1. The Morgan fingerprint density at radius 3 is 2.71 bits per heavy atom. The summed E-state index contributed by atoms with van der Waals surface area (Å²) in [5, 5.41) is 9.35. The lowest BCUT2D eigenvalue weighted by molar-refractivity contribution is 0.282. The monoisotopic (exact) mass is 229 g/mol. The van der Waals surface area contributed by atoms with Crippen molar-refractivity contribution < 1.29 is 9.84 Å². The maximum absolute atomic E-state index is 9.35. The lowest BCUT2D eigenvalue weighted by Crippen LogP contribution is -1.92. The predicted octanol–water partition coefficient (Wildman–Crippen LogP) is 2.56. The van der Waals surface area contributed by atoms with E-state index in [4.69, 9.17) is 4.74 Å². The minimum atomic E-state index is 0.00721. The lowest BCUT2D eigenvalue weighted by atomic mass is 10.0. The Hall–Kier alpha value is -1.87. The van der Waals surface area contributed by atoms with Crippen LogP contribution in [0.1, 0.15) is 11.1 Å². The third kappa shape index (κ3) is 2.45. The summed E-state index contributed by atoms with van der Waals surface area (Å²) in [6.07, 6.45) is 3.60. The van der Waals surface area contributed by atoms with E-state index in [2.05, 4.69) is 4.98 Å². The van der Waals surface area contributed by atoms with Crippen molar-refractivity contribution in [2.75, 3.05) is 7.11 Å². The first-order valence-corrected chi connectivity index (χ1v) is 5.44. The molecule has 3 heteroatoms. The van der Waals surface area contributed by atoms with Gasteiger partial charge in [0, 0.05) is 18.0 Å². The fourth-order valence-corrected chi connectivity index (χ4v) is 1.79. The average molecular weight is 229 g/mol. The topological polar surface area (TPSA) is 42.4 Å². The number of methoxy groups -OCH3 is 1. The molecule has 0 aliphatic heterocycles. The molecule has 17 heavy (non-hydrogen) atoms. The summed E-state index contributed by atoms with van der Waals surface area (Å²) < 4.78 is 5.20. The van der Waals surface area contributed by atoms with Gasteiger partial charge in [0.15, 0.2) is 0 Å². The normalized spacial score (nSPS) is 10.3. The van der Waals surface area contributed by atoms with Crippen LogP contribution in [0.3, 0.4) is 0 Å². The highest BCUT2D eigenvalue weighted by Crippen LogP contribution is 2.28. The van der Waals surface area contributed by atoms with Crippen LogP contribution in [-0.2, 0) is 6.61 Å². The van der Waals surface area contributed by atoms with Crippen LogP contribution in [0.4, 0.5) is 0 Å². The van der Waals surface area contributed by atoms with Crippen molar-refractivity contribution in [3.8, 4) is 16.9 Å². The molecule has 3 nitrogen and oxygen atoms in total. The van der Waals surface area contributed by atoms with Crippen LogP contribution in [0.25, 0.3) is 11.1 Å². The molecule has 0 bridgehead atoms. The quantitative estimate of drug-likeness (QED) is 0.879. The number of ether oxygens (including phenoxy) is 1. The number of hydrogen-bond donors (Lipinski definition) is 1. The van der Waals surface area contributed by atoms with Gasteiger partial charge in [-0.2, -0.15) is 0 Å². The highest BCUT2D eigenvalue weighted by molar-refractivity contribution is 5.68. The van der Waals surface area contributed by atoms with Crippen LogP contribution < -0.4 is 4.74 Å². The van der Waals surface area contributed by atoms with Gasteiger partial charge in [-0.25, -0.2) is 0 Å². The smallest absolute Gasteiger partial charge is 0.119 e. The summed E-state index contributed by atoms with van der Waals surface area (Å²) in [6, 6.07) is 7.68. The van der Waals surface area contributed by atoms with E-state index in [1.54, 1.807) is 13.3 Å². The van der Waals surface area contributed by atoms with Gasteiger partial charge >= 0.3 is 0 Å². The van der Waals surface area contributed by atoms with Crippen LogP contribution in [0.5, 0.6) is 5.75 Å². The molecule has 88 valence electrons. The fraction of sp³-hybridized carbons (Fsp3) is 0.214. The first-order chi connectivity index (χ1) is 8.24. The second kappa shape index (κ2) is 4.97. The Bertz CT molecular complexity index is 523. The lowest BCUT2D eigenvalue weighted by Gasteiger charge is -2.10. The summed E-state index contributed by atoms with van der Waals surface area (Å²) in [7, 11) is 1.63. The van der Waals surface area contributed by atoms with Crippen molar-refractivity contribution in [3.63, 3.8) is 0 Å². The molecule has 0 radical (unpaired) electrons. The second-order valence-corrected chi connectivity index (χ2v) is 3.93. The zero-order chi connectivity index (χ0) is 12.3. The largest absolute Gasteiger partial charge is 0.497 e. The number of aryl methyl sites for hydroxylation is 1. The Morgan fingerprint density at radius 2 is 2.06 bits per heavy atom. The van der Waals surface area contributed by atoms with Crippen molar-refractivity contribution in [2.24, 2.45) is 0 Å². The summed E-state index contributed by atoms with van der Waals surface area (Å²) in [4.78, 5) is 4.17. The van der Waals surface area contributed by atoms with E-state index in [0.29, 0.717) is 0 Å². The molecule has 2 aromatic rings. The Balaban J connectivity index is 2.56. The van der Waals surface area contributed by atoms with E-state index >= 15 is 0 Å². The summed E-state index contributed by atoms with van der Waals surface area (Å²) in [5.74, 6) is 0.777. The fourth-order valence-electron chi connectivity index (χ4n) is 1.79. The van der Waals surface area contributed by atoms with Crippen molar-refractivity contribution in [2.45, 2.75) is 13.5 Å². The molecule has 0 saturated carbocycles. The first kappa shape index (κ1) is 11.6. The van der Waals surface area contributed by atoms with Gasteiger partial charge in [-0.1, -0.05) is 6.07 Å². The van der Waals surface area contributed by atoms with Crippen molar-refractivity contribution in [3.05, 3.63) is 47.8 Å². The summed E-state index contributed by atoms with van der Waals surface area (Å²) >= 11 is 0. The number of benzene rings is 1. The van der Waals surface area contributed by atoms with E-state index in [-0.39, 0.29) is 6.61 Å². The number of aliphatic hydroxyl groups excluding tert-OH is 1. The third-order valence-electron chi connectivity index (χ3n) is 2.67. The number of rotatable bonds is 3. The van der Waals surface area contributed by atoms with E-state index in [9.17, 15) is 5.11 Å². The molecule has 1 heterocycles. The van der Waals surface area contributed by atoms with Gasteiger partial charge < -0.3 is 9.84 Å². The number of hydrogen-bond acceptors (Lipinski definition) is 3. The average Bonchev–Trinajstić information content (AvgIpc) is 2.38. The SMILES string of the molecule is COc1ccc(CO)c(-c2cncc(C)c2)c1. The standard InChI is InChI=1S/C14H15NO2/c1-10-5-12(8-15-7-10)14-6-13(17-2)4-3-11(14)9-16/h3-8,16H,9H2,1-2H3. The Labute approximate surface area is 101 Å². The van der Waals surface area contributed by atoms with Crippen LogP contribution in [0.2, 0.25) is 0 Å². The minimum absolute atomic E-state index is 0.00721. The molecule has 0 aliphatic carbocycles. The molecule has 0 amide bonds. The highest BCUT2D eigenvalue weighted by Gasteiger charge is 2.06. The van der Waals surface area contributed by atoms with Gasteiger partial charge in [0.25, 0.3) is 0 Å². The van der Waals surface area contributed by atoms with E-state index in [0.717, 1.165) is 28.0 Å². The van der Waals surface area contributed by atoms with Crippen LogP contribution in [0.15, 0.2) is 36.7 Å². The van der Waals surface area contributed by atoms with Gasteiger partial charge in [0.05, 0.1) is 13.7 Å². The highest BCUT2D eigenvalue weighted by atomic mass is 16.5. The summed E-state index contributed by atoms with van der Waals surface area (Å²) in [6.45, 7) is 2.00. The van der Waals surface area contributed by atoms with E-state index in [1.165, 1.54) is 0 Å². The first-order valence-electron chi connectivity index (χ1n) is 5.44. The maximum atomic E-state index is 9.35.